The first kappa shape index (κ1) is 27.9. The van der Waals surface area contributed by atoms with E-state index in [0.29, 0.717) is 43.1 Å². The van der Waals surface area contributed by atoms with E-state index in [2.05, 4.69) is 22.3 Å². The molecule has 10 heteroatoms. The number of hydrogen-bond acceptors (Lipinski definition) is 7. The summed E-state index contributed by atoms with van der Waals surface area (Å²) < 4.78 is 14.6. The van der Waals surface area contributed by atoms with Gasteiger partial charge in [0.1, 0.15) is 34.5 Å². The number of pyridine rings is 1. The first-order valence-corrected chi connectivity index (χ1v) is 13.5. The summed E-state index contributed by atoms with van der Waals surface area (Å²) in [7, 11) is 1.58. The zero-order valence-electron chi connectivity index (χ0n) is 23.1. The third-order valence-electron chi connectivity index (χ3n) is 7.39. The molecule has 2 fully saturated rings. The molecular formula is C29H35N7O3. The van der Waals surface area contributed by atoms with E-state index in [9.17, 15) is 15.3 Å². The fourth-order valence-electron chi connectivity index (χ4n) is 5.30. The summed E-state index contributed by atoms with van der Waals surface area (Å²) in [6.45, 7) is 8.54. The van der Waals surface area contributed by atoms with E-state index in [1.54, 1.807) is 16.5 Å². The average molecular weight is 530 g/mol. The van der Waals surface area contributed by atoms with Gasteiger partial charge in [0.05, 0.1) is 25.5 Å². The van der Waals surface area contributed by atoms with Crippen molar-refractivity contribution in [3.63, 3.8) is 0 Å². The number of nitrogens with zero attached hydrogens (tertiary/aromatic N) is 7. The van der Waals surface area contributed by atoms with Crippen molar-refractivity contribution < 1.29 is 14.3 Å². The van der Waals surface area contributed by atoms with Crippen molar-refractivity contribution in [2.24, 2.45) is 5.92 Å². The summed E-state index contributed by atoms with van der Waals surface area (Å²) in [5.41, 5.74) is 4.20. The van der Waals surface area contributed by atoms with Crippen LogP contribution in [0, 0.1) is 35.5 Å². The van der Waals surface area contributed by atoms with Crippen LogP contribution in [0.15, 0.2) is 36.3 Å². The lowest BCUT2D eigenvalue weighted by Crippen LogP contribution is -2.40. The van der Waals surface area contributed by atoms with Crippen LogP contribution in [-0.4, -0.2) is 63.6 Å². The number of piperidine rings is 1. The number of likely N-dealkylation sites (tertiary alicyclic amines) is 1. The molecule has 3 aromatic rings. The molecule has 0 radical (unpaired) electrons. The van der Waals surface area contributed by atoms with Gasteiger partial charge in [-0.3, -0.25) is 9.48 Å². The third kappa shape index (κ3) is 5.67. The number of methoxy groups -OCH3 is 1. The molecule has 2 saturated heterocycles. The summed E-state index contributed by atoms with van der Waals surface area (Å²) in [6.07, 6.45) is 10.3. The van der Waals surface area contributed by atoms with Crippen molar-refractivity contribution in [1.29, 1.82) is 10.5 Å². The van der Waals surface area contributed by atoms with E-state index in [4.69, 9.17) is 9.47 Å². The average Bonchev–Trinajstić information content (AvgIpc) is 3.59. The van der Waals surface area contributed by atoms with E-state index in [1.165, 1.54) is 6.20 Å². The molecule has 0 unspecified atom stereocenters. The first-order chi connectivity index (χ1) is 19.0. The molecule has 0 aliphatic carbocycles. The smallest absolute Gasteiger partial charge is 0.264 e. The Hall–Kier alpha value is -4.15. The zero-order valence-corrected chi connectivity index (χ0v) is 23.1. The van der Waals surface area contributed by atoms with Gasteiger partial charge in [0.25, 0.3) is 5.91 Å². The number of aromatic nitrogens is 4. The number of rotatable bonds is 5. The summed E-state index contributed by atoms with van der Waals surface area (Å²) in [4.78, 5) is 14.8. The largest absolute Gasteiger partial charge is 0.494 e. The minimum atomic E-state index is -0.179. The van der Waals surface area contributed by atoms with Gasteiger partial charge >= 0.3 is 0 Å². The number of fused-ring (bicyclic) bond motifs is 1. The van der Waals surface area contributed by atoms with Crippen LogP contribution in [0.3, 0.4) is 0 Å². The molecular weight excluding hydrogens is 494 g/mol. The minimum Gasteiger partial charge on any atom is -0.494 e. The Bertz CT molecular complexity index is 1430. The van der Waals surface area contributed by atoms with E-state index >= 15 is 0 Å². The van der Waals surface area contributed by atoms with E-state index < -0.39 is 0 Å². The highest BCUT2D eigenvalue weighted by atomic mass is 16.5. The molecule has 3 aromatic heterocycles. The molecule has 0 bridgehead atoms. The van der Waals surface area contributed by atoms with Gasteiger partial charge < -0.3 is 14.4 Å². The Morgan fingerprint density at radius 2 is 1.85 bits per heavy atom. The molecule has 0 aromatic carbocycles. The molecule has 1 amide bonds. The first-order valence-electron chi connectivity index (χ1n) is 13.5. The molecule has 0 spiro atoms. The molecule has 5 heterocycles. The normalized spacial score (nSPS) is 16.8. The topological polar surface area (TPSA) is 121 Å². The quantitative estimate of drug-likeness (QED) is 0.353. The van der Waals surface area contributed by atoms with Gasteiger partial charge in [0, 0.05) is 49.3 Å². The molecule has 0 saturated carbocycles. The molecule has 204 valence electrons. The van der Waals surface area contributed by atoms with Crippen molar-refractivity contribution in [1.82, 2.24) is 24.3 Å². The van der Waals surface area contributed by atoms with E-state index in [1.807, 2.05) is 50.0 Å². The Morgan fingerprint density at radius 3 is 2.49 bits per heavy atom. The summed E-state index contributed by atoms with van der Waals surface area (Å²) in [5.74, 6) is 0.621. The van der Waals surface area contributed by atoms with Crippen molar-refractivity contribution in [3.05, 3.63) is 47.6 Å². The van der Waals surface area contributed by atoms with Gasteiger partial charge in [-0.2, -0.15) is 20.7 Å². The van der Waals surface area contributed by atoms with Crippen LogP contribution in [0.4, 0.5) is 0 Å². The SMILES string of the molecule is CC.COc1cc(-c2cnn(C3CCN(C(=O)/C(C#N)=C/C4CCOCC4)CC3)c2C)cn2ncc(C#N)c12. The minimum absolute atomic E-state index is 0.156. The Labute approximate surface area is 229 Å². The number of amides is 1. The van der Waals surface area contributed by atoms with Crippen LogP contribution >= 0.6 is 0 Å². The fourth-order valence-corrected chi connectivity index (χ4v) is 5.30. The van der Waals surface area contributed by atoms with Crippen molar-refractivity contribution in [2.75, 3.05) is 33.4 Å². The highest BCUT2D eigenvalue weighted by Gasteiger charge is 2.28. The van der Waals surface area contributed by atoms with Gasteiger partial charge in [-0.1, -0.05) is 19.9 Å². The molecule has 10 nitrogen and oxygen atoms in total. The van der Waals surface area contributed by atoms with Gasteiger partial charge in [0.2, 0.25) is 0 Å². The van der Waals surface area contributed by atoms with Gasteiger partial charge in [-0.15, -0.1) is 0 Å². The van der Waals surface area contributed by atoms with Crippen molar-refractivity contribution >= 4 is 11.4 Å². The van der Waals surface area contributed by atoms with Crippen molar-refractivity contribution in [3.8, 4) is 29.0 Å². The molecule has 2 aliphatic heterocycles. The standard InChI is InChI=1S/C27H29N7O3.C2H6/c1-18-24(21-12-25(36-2)26-22(14-29)15-30-33(26)17-21)16-31-34(18)23-3-7-32(8-4-23)27(35)20(13-28)11-19-5-9-37-10-6-19;1-2/h11-12,15-17,19,23H,3-10H2,1-2H3;1-2H3/b20-11+;. The van der Waals surface area contributed by atoms with Gasteiger partial charge in [-0.25, -0.2) is 4.52 Å². The highest BCUT2D eigenvalue weighted by Crippen LogP contribution is 2.33. The molecule has 2 aliphatic rings. The van der Waals surface area contributed by atoms with Crippen LogP contribution in [0.1, 0.15) is 56.8 Å². The molecule has 39 heavy (non-hydrogen) atoms. The summed E-state index contributed by atoms with van der Waals surface area (Å²) >= 11 is 0. The maximum Gasteiger partial charge on any atom is 0.264 e. The Morgan fingerprint density at radius 1 is 1.13 bits per heavy atom. The number of hydrogen-bond donors (Lipinski definition) is 0. The van der Waals surface area contributed by atoms with Crippen LogP contribution in [-0.2, 0) is 9.53 Å². The second-order valence-electron chi connectivity index (χ2n) is 9.51. The second kappa shape index (κ2) is 12.6. The molecule has 5 rings (SSSR count). The maximum absolute atomic E-state index is 13.0. The molecule has 0 N–H and O–H groups in total. The fraction of sp³-hybridized carbons (Fsp3) is 0.483. The van der Waals surface area contributed by atoms with E-state index in [-0.39, 0.29) is 23.4 Å². The van der Waals surface area contributed by atoms with Crippen molar-refractivity contribution in [2.45, 2.75) is 52.5 Å². The lowest BCUT2D eigenvalue weighted by atomic mass is 9.96. The van der Waals surface area contributed by atoms with Crippen LogP contribution in [0.25, 0.3) is 16.6 Å². The van der Waals surface area contributed by atoms with Gasteiger partial charge in [0.15, 0.2) is 0 Å². The zero-order chi connectivity index (χ0) is 27.9. The lowest BCUT2D eigenvalue weighted by Gasteiger charge is -2.32. The Balaban J connectivity index is 0.00000172. The van der Waals surface area contributed by atoms with Crippen LogP contribution in [0.2, 0.25) is 0 Å². The number of allylic oxidation sites excluding steroid dienone is 1. The predicted molar refractivity (Wildman–Crippen MR) is 146 cm³/mol. The van der Waals surface area contributed by atoms with Crippen LogP contribution in [0.5, 0.6) is 5.75 Å². The lowest BCUT2D eigenvalue weighted by molar-refractivity contribution is -0.128. The molecule has 0 atom stereocenters. The number of carbonyl (C=O) groups is 1. The summed E-state index contributed by atoms with van der Waals surface area (Å²) in [6, 6.07) is 6.33. The van der Waals surface area contributed by atoms with E-state index in [0.717, 1.165) is 42.5 Å². The highest BCUT2D eigenvalue weighted by molar-refractivity contribution is 5.97. The summed E-state index contributed by atoms with van der Waals surface area (Å²) in [5, 5.41) is 28.0. The number of carbonyl (C=O) groups excluding carboxylic acids is 1. The Kier molecular flexibility index (Phi) is 9.00. The predicted octanol–water partition coefficient (Wildman–Crippen LogP) is 4.45. The van der Waals surface area contributed by atoms with Gasteiger partial charge in [-0.05, 0) is 44.6 Å². The number of nitriles is 2. The van der Waals surface area contributed by atoms with Crippen LogP contribution < -0.4 is 4.74 Å². The third-order valence-corrected chi connectivity index (χ3v) is 7.39. The monoisotopic (exact) mass is 529 g/mol. The maximum atomic E-state index is 13.0. The second-order valence-corrected chi connectivity index (χ2v) is 9.51. The number of ether oxygens (including phenoxy) is 2.